The number of aromatic nitrogens is 1. The van der Waals surface area contributed by atoms with Gasteiger partial charge in [0.1, 0.15) is 5.52 Å². The molecule has 0 aliphatic carbocycles. The largest absolute Gasteiger partial charge is 0.436 e. The van der Waals surface area contributed by atoms with Crippen LogP contribution in [0.25, 0.3) is 22.6 Å². The summed E-state index contributed by atoms with van der Waals surface area (Å²) >= 11 is 0. The van der Waals surface area contributed by atoms with Crippen molar-refractivity contribution in [3.8, 4) is 11.5 Å². The summed E-state index contributed by atoms with van der Waals surface area (Å²) in [5.74, 6) is -0.243. The summed E-state index contributed by atoms with van der Waals surface area (Å²) in [5, 5.41) is 2.63. The van der Waals surface area contributed by atoms with Gasteiger partial charge in [0.25, 0.3) is 5.91 Å². The zero-order valence-electron chi connectivity index (χ0n) is 16.2. The molecule has 3 aromatic carbocycles. The van der Waals surface area contributed by atoms with Crippen LogP contribution in [0.1, 0.15) is 27.0 Å². The minimum absolute atomic E-state index is 0.0623. The first-order valence-electron chi connectivity index (χ1n) is 9.17. The normalized spacial score (nSPS) is 11.6. The fourth-order valence-electron chi connectivity index (χ4n) is 3.16. The molecule has 0 saturated carbocycles. The van der Waals surface area contributed by atoms with Crippen LogP contribution < -0.4 is 5.32 Å². The molecule has 30 heavy (non-hydrogen) atoms. The van der Waals surface area contributed by atoms with Gasteiger partial charge in [0.15, 0.2) is 5.58 Å². The lowest BCUT2D eigenvalue weighted by atomic mass is 10.0. The van der Waals surface area contributed by atoms with Crippen LogP contribution in [0.2, 0.25) is 0 Å². The first-order chi connectivity index (χ1) is 14.2. The first-order valence-corrected chi connectivity index (χ1v) is 9.17. The number of hydrogen-bond acceptors (Lipinski definition) is 3. The van der Waals surface area contributed by atoms with Gasteiger partial charge in [0, 0.05) is 16.8 Å². The average molecular weight is 410 g/mol. The van der Waals surface area contributed by atoms with E-state index in [1.165, 1.54) is 19.1 Å². The van der Waals surface area contributed by atoms with Crippen molar-refractivity contribution >= 4 is 22.7 Å². The van der Waals surface area contributed by atoms with Crippen molar-refractivity contribution in [1.82, 2.24) is 4.98 Å². The maximum atomic E-state index is 13.1. The van der Waals surface area contributed by atoms with Crippen LogP contribution in [0.5, 0.6) is 0 Å². The maximum Gasteiger partial charge on any atom is 0.416 e. The topological polar surface area (TPSA) is 55.1 Å². The van der Waals surface area contributed by atoms with Crippen LogP contribution in [0.3, 0.4) is 0 Å². The molecular weight excluding hydrogens is 393 g/mol. The fourth-order valence-corrected chi connectivity index (χ4v) is 3.16. The number of benzene rings is 3. The van der Waals surface area contributed by atoms with Crippen molar-refractivity contribution in [1.29, 1.82) is 0 Å². The summed E-state index contributed by atoms with van der Waals surface area (Å²) in [4.78, 5) is 17.0. The number of nitrogens with zero attached hydrogens (tertiary/aromatic N) is 1. The Labute approximate surface area is 170 Å². The summed E-state index contributed by atoms with van der Waals surface area (Å²) in [6.45, 7) is 3.31. The van der Waals surface area contributed by atoms with Crippen molar-refractivity contribution in [2.24, 2.45) is 0 Å². The SMILES string of the molecule is Cc1ccc2oc(-c3cccc(NC(=O)c4ccc(C)c(C(F)(F)F)c4)c3)nc2c1. The number of halogens is 3. The van der Waals surface area contributed by atoms with E-state index in [2.05, 4.69) is 10.3 Å². The van der Waals surface area contributed by atoms with Crippen molar-refractivity contribution in [2.45, 2.75) is 20.0 Å². The van der Waals surface area contributed by atoms with Gasteiger partial charge in [-0.1, -0.05) is 18.2 Å². The Kier molecular flexibility index (Phi) is 4.81. The number of carbonyl (C=O) groups is 1. The smallest absolute Gasteiger partial charge is 0.416 e. The molecule has 1 amide bonds. The van der Waals surface area contributed by atoms with E-state index in [-0.39, 0.29) is 11.1 Å². The lowest BCUT2D eigenvalue weighted by molar-refractivity contribution is -0.138. The molecule has 0 aliphatic heterocycles. The molecule has 1 N–H and O–H groups in total. The Bertz CT molecular complexity index is 1260. The Morgan fingerprint density at radius 1 is 1.00 bits per heavy atom. The number of alkyl halides is 3. The monoisotopic (exact) mass is 410 g/mol. The number of anilines is 1. The summed E-state index contributed by atoms with van der Waals surface area (Å²) in [6.07, 6.45) is -4.52. The molecule has 4 rings (SSSR count). The second-order valence-corrected chi connectivity index (χ2v) is 7.05. The minimum Gasteiger partial charge on any atom is -0.436 e. The van der Waals surface area contributed by atoms with E-state index in [0.29, 0.717) is 22.7 Å². The Hall–Kier alpha value is -3.61. The number of oxazole rings is 1. The Morgan fingerprint density at radius 2 is 1.80 bits per heavy atom. The number of rotatable bonds is 3. The van der Waals surface area contributed by atoms with Gasteiger partial charge in [-0.05, 0) is 67.4 Å². The number of hydrogen-bond donors (Lipinski definition) is 1. The van der Waals surface area contributed by atoms with E-state index in [9.17, 15) is 18.0 Å². The standard InChI is InChI=1S/C23H17F3N2O2/c1-13-6-9-20-19(10-13)28-22(30-20)16-4-3-5-17(11-16)27-21(29)15-8-7-14(2)18(12-15)23(24,25)26/h3-12H,1-2H3,(H,27,29). The highest BCUT2D eigenvalue weighted by molar-refractivity contribution is 6.04. The van der Waals surface area contributed by atoms with Gasteiger partial charge in [-0.2, -0.15) is 13.2 Å². The van der Waals surface area contributed by atoms with Crippen LogP contribution in [0.15, 0.2) is 65.1 Å². The molecule has 7 heteroatoms. The molecule has 4 aromatic rings. The van der Waals surface area contributed by atoms with Gasteiger partial charge in [0.05, 0.1) is 5.56 Å². The fraction of sp³-hybridized carbons (Fsp3) is 0.130. The van der Waals surface area contributed by atoms with E-state index in [4.69, 9.17) is 4.42 Å². The summed E-state index contributed by atoms with van der Waals surface area (Å²) in [6, 6.07) is 16.0. The number of carbonyl (C=O) groups excluding carboxylic acids is 1. The number of amides is 1. The van der Waals surface area contributed by atoms with Crippen molar-refractivity contribution < 1.29 is 22.4 Å². The van der Waals surface area contributed by atoms with Crippen LogP contribution >= 0.6 is 0 Å². The Morgan fingerprint density at radius 3 is 2.57 bits per heavy atom. The second kappa shape index (κ2) is 7.33. The first kappa shape index (κ1) is 19.7. The highest BCUT2D eigenvalue weighted by Gasteiger charge is 2.33. The lowest BCUT2D eigenvalue weighted by Gasteiger charge is -2.12. The van der Waals surface area contributed by atoms with E-state index < -0.39 is 17.6 Å². The molecule has 0 fully saturated rings. The molecule has 0 saturated heterocycles. The molecule has 0 bridgehead atoms. The van der Waals surface area contributed by atoms with E-state index in [1.807, 2.05) is 25.1 Å². The molecule has 0 unspecified atom stereocenters. The van der Waals surface area contributed by atoms with Crippen molar-refractivity contribution in [2.75, 3.05) is 5.32 Å². The number of fused-ring (bicyclic) bond motifs is 1. The van der Waals surface area contributed by atoms with Gasteiger partial charge in [-0.15, -0.1) is 0 Å². The van der Waals surface area contributed by atoms with Gasteiger partial charge in [-0.3, -0.25) is 4.79 Å². The van der Waals surface area contributed by atoms with Crippen LogP contribution in [0, 0.1) is 13.8 Å². The van der Waals surface area contributed by atoms with E-state index in [1.54, 1.807) is 24.3 Å². The van der Waals surface area contributed by atoms with Gasteiger partial charge >= 0.3 is 6.18 Å². The van der Waals surface area contributed by atoms with Crippen LogP contribution in [-0.2, 0) is 6.18 Å². The van der Waals surface area contributed by atoms with Crippen LogP contribution in [-0.4, -0.2) is 10.9 Å². The molecule has 4 nitrogen and oxygen atoms in total. The molecule has 152 valence electrons. The molecule has 0 atom stereocenters. The van der Waals surface area contributed by atoms with Gasteiger partial charge < -0.3 is 9.73 Å². The van der Waals surface area contributed by atoms with E-state index in [0.717, 1.165) is 17.1 Å². The third-order valence-electron chi connectivity index (χ3n) is 4.72. The predicted molar refractivity (Wildman–Crippen MR) is 108 cm³/mol. The quantitative estimate of drug-likeness (QED) is 0.426. The minimum atomic E-state index is -4.52. The third-order valence-corrected chi connectivity index (χ3v) is 4.72. The molecular formula is C23H17F3N2O2. The summed E-state index contributed by atoms with van der Waals surface area (Å²) in [5.41, 5.74) is 2.64. The summed E-state index contributed by atoms with van der Waals surface area (Å²) in [7, 11) is 0. The lowest BCUT2D eigenvalue weighted by Crippen LogP contribution is -2.15. The van der Waals surface area contributed by atoms with E-state index >= 15 is 0 Å². The second-order valence-electron chi connectivity index (χ2n) is 7.05. The molecule has 0 spiro atoms. The molecule has 0 radical (unpaired) electrons. The average Bonchev–Trinajstić information content (AvgIpc) is 3.11. The van der Waals surface area contributed by atoms with Crippen molar-refractivity contribution in [3.05, 3.63) is 82.9 Å². The summed E-state index contributed by atoms with van der Waals surface area (Å²) < 4.78 is 45.1. The number of nitrogens with one attached hydrogen (secondary N) is 1. The maximum absolute atomic E-state index is 13.1. The van der Waals surface area contributed by atoms with Gasteiger partial charge in [0.2, 0.25) is 5.89 Å². The zero-order chi connectivity index (χ0) is 21.5. The predicted octanol–water partition coefficient (Wildman–Crippen LogP) is 6.38. The third kappa shape index (κ3) is 3.91. The zero-order valence-corrected chi connectivity index (χ0v) is 16.2. The van der Waals surface area contributed by atoms with Gasteiger partial charge in [-0.25, -0.2) is 4.98 Å². The molecule has 1 aromatic heterocycles. The molecule has 1 heterocycles. The highest BCUT2D eigenvalue weighted by atomic mass is 19.4. The number of aryl methyl sites for hydroxylation is 2. The van der Waals surface area contributed by atoms with Crippen molar-refractivity contribution in [3.63, 3.8) is 0 Å². The Balaban J connectivity index is 1.61. The van der Waals surface area contributed by atoms with Crippen LogP contribution in [0.4, 0.5) is 18.9 Å². The highest BCUT2D eigenvalue weighted by Crippen LogP contribution is 2.32. The molecule has 0 aliphatic rings.